The molecular formula is C14H21NO2. The van der Waals surface area contributed by atoms with Crippen molar-refractivity contribution in [2.24, 2.45) is 11.7 Å². The van der Waals surface area contributed by atoms with Gasteiger partial charge in [0.25, 0.3) is 0 Å². The number of rotatable bonds is 5. The van der Waals surface area contributed by atoms with E-state index in [4.69, 9.17) is 15.2 Å². The van der Waals surface area contributed by atoms with Gasteiger partial charge in [0.05, 0.1) is 13.7 Å². The Labute approximate surface area is 103 Å². The van der Waals surface area contributed by atoms with Gasteiger partial charge in [-0.3, -0.25) is 0 Å². The van der Waals surface area contributed by atoms with Crippen LogP contribution in [0, 0.1) is 5.92 Å². The number of ether oxygens (including phenoxy) is 2. The summed E-state index contributed by atoms with van der Waals surface area (Å²) >= 11 is 0. The molecule has 0 amide bonds. The third-order valence-corrected chi connectivity index (χ3v) is 3.52. The van der Waals surface area contributed by atoms with Gasteiger partial charge in [0.15, 0.2) is 0 Å². The summed E-state index contributed by atoms with van der Waals surface area (Å²) in [5.74, 6) is 2.34. The predicted molar refractivity (Wildman–Crippen MR) is 68.4 cm³/mol. The van der Waals surface area contributed by atoms with Crippen LogP contribution in [0.4, 0.5) is 0 Å². The maximum absolute atomic E-state index is 6.03. The zero-order chi connectivity index (χ0) is 12.1. The summed E-state index contributed by atoms with van der Waals surface area (Å²) in [5.41, 5.74) is 6.03. The normalized spacial score (nSPS) is 23.6. The molecule has 1 saturated carbocycles. The van der Waals surface area contributed by atoms with Crippen molar-refractivity contribution in [2.75, 3.05) is 13.7 Å². The van der Waals surface area contributed by atoms with Crippen molar-refractivity contribution in [1.29, 1.82) is 0 Å². The Bertz CT molecular complexity index is 354. The fourth-order valence-electron chi connectivity index (χ4n) is 2.44. The first-order valence-corrected chi connectivity index (χ1v) is 6.32. The Morgan fingerprint density at radius 2 is 2.12 bits per heavy atom. The lowest BCUT2D eigenvalue weighted by atomic mass is 10.0. The monoisotopic (exact) mass is 235 g/mol. The first-order chi connectivity index (χ1) is 8.29. The van der Waals surface area contributed by atoms with Crippen molar-refractivity contribution in [3.8, 4) is 11.5 Å². The standard InChI is InChI=1S/C14H21NO2/c1-16-12-5-3-6-13(10-12)17-9-8-11-4-2-7-14(11)15/h3,5-6,10-11,14H,2,4,7-9,15H2,1H3. The molecule has 0 heterocycles. The number of hydrogen-bond donors (Lipinski definition) is 1. The number of nitrogens with two attached hydrogens (primary N) is 1. The molecule has 0 saturated heterocycles. The molecular weight excluding hydrogens is 214 g/mol. The lowest BCUT2D eigenvalue weighted by molar-refractivity contribution is 0.270. The molecule has 17 heavy (non-hydrogen) atoms. The van der Waals surface area contributed by atoms with Gasteiger partial charge in [-0.15, -0.1) is 0 Å². The highest BCUT2D eigenvalue weighted by molar-refractivity contribution is 5.32. The van der Waals surface area contributed by atoms with Crippen LogP contribution in [-0.2, 0) is 0 Å². The minimum Gasteiger partial charge on any atom is -0.497 e. The molecule has 1 fully saturated rings. The Morgan fingerprint density at radius 3 is 2.82 bits per heavy atom. The van der Waals surface area contributed by atoms with E-state index in [1.807, 2.05) is 24.3 Å². The van der Waals surface area contributed by atoms with E-state index in [1.54, 1.807) is 7.11 Å². The van der Waals surface area contributed by atoms with Crippen LogP contribution in [0.5, 0.6) is 11.5 Å². The van der Waals surface area contributed by atoms with Crippen LogP contribution in [0.2, 0.25) is 0 Å². The molecule has 1 aromatic rings. The number of benzene rings is 1. The average molecular weight is 235 g/mol. The van der Waals surface area contributed by atoms with Crippen LogP contribution in [-0.4, -0.2) is 19.8 Å². The second-order valence-electron chi connectivity index (χ2n) is 4.67. The smallest absolute Gasteiger partial charge is 0.122 e. The van der Waals surface area contributed by atoms with Crippen molar-refractivity contribution in [2.45, 2.75) is 31.7 Å². The number of hydrogen-bond acceptors (Lipinski definition) is 3. The van der Waals surface area contributed by atoms with Crippen LogP contribution < -0.4 is 15.2 Å². The molecule has 0 bridgehead atoms. The summed E-state index contributed by atoms with van der Waals surface area (Å²) in [6.45, 7) is 0.742. The second-order valence-corrected chi connectivity index (χ2v) is 4.67. The number of methoxy groups -OCH3 is 1. The summed E-state index contributed by atoms with van der Waals surface area (Å²) in [5, 5.41) is 0. The van der Waals surface area contributed by atoms with Gasteiger partial charge in [-0.25, -0.2) is 0 Å². The maximum Gasteiger partial charge on any atom is 0.122 e. The van der Waals surface area contributed by atoms with E-state index >= 15 is 0 Å². The highest BCUT2D eigenvalue weighted by Crippen LogP contribution is 2.27. The van der Waals surface area contributed by atoms with E-state index < -0.39 is 0 Å². The summed E-state index contributed by atoms with van der Waals surface area (Å²) < 4.78 is 10.9. The molecule has 0 spiro atoms. The van der Waals surface area contributed by atoms with Crippen LogP contribution in [0.25, 0.3) is 0 Å². The molecule has 0 aliphatic heterocycles. The van der Waals surface area contributed by atoms with Crippen molar-refractivity contribution in [3.05, 3.63) is 24.3 Å². The van der Waals surface area contributed by atoms with Crippen molar-refractivity contribution in [1.82, 2.24) is 0 Å². The average Bonchev–Trinajstić information content (AvgIpc) is 2.76. The summed E-state index contributed by atoms with van der Waals surface area (Å²) in [4.78, 5) is 0. The molecule has 3 nitrogen and oxygen atoms in total. The lowest BCUT2D eigenvalue weighted by Gasteiger charge is -2.15. The largest absolute Gasteiger partial charge is 0.497 e. The molecule has 1 aliphatic carbocycles. The fraction of sp³-hybridized carbons (Fsp3) is 0.571. The summed E-state index contributed by atoms with van der Waals surface area (Å²) in [6.07, 6.45) is 4.75. The molecule has 2 N–H and O–H groups in total. The molecule has 1 aliphatic rings. The first kappa shape index (κ1) is 12.2. The van der Waals surface area contributed by atoms with Gasteiger partial charge < -0.3 is 15.2 Å². The van der Waals surface area contributed by atoms with E-state index in [9.17, 15) is 0 Å². The third-order valence-electron chi connectivity index (χ3n) is 3.52. The van der Waals surface area contributed by atoms with Crippen LogP contribution >= 0.6 is 0 Å². The minimum absolute atomic E-state index is 0.379. The van der Waals surface area contributed by atoms with Crippen molar-refractivity contribution in [3.63, 3.8) is 0 Å². The predicted octanol–water partition coefficient (Wildman–Crippen LogP) is 2.59. The van der Waals surface area contributed by atoms with Crippen molar-refractivity contribution >= 4 is 0 Å². The van der Waals surface area contributed by atoms with E-state index in [0.717, 1.165) is 24.5 Å². The summed E-state index contributed by atoms with van der Waals surface area (Å²) in [7, 11) is 1.66. The van der Waals surface area contributed by atoms with Crippen LogP contribution in [0.1, 0.15) is 25.7 Å². The van der Waals surface area contributed by atoms with Gasteiger partial charge in [-0.1, -0.05) is 12.5 Å². The zero-order valence-corrected chi connectivity index (χ0v) is 10.4. The fourth-order valence-corrected chi connectivity index (χ4v) is 2.44. The van der Waals surface area contributed by atoms with E-state index in [0.29, 0.717) is 12.0 Å². The van der Waals surface area contributed by atoms with Gasteiger partial charge in [0.1, 0.15) is 11.5 Å². The Kier molecular flexibility index (Phi) is 4.26. The molecule has 3 heteroatoms. The Hall–Kier alpha value is -1.22. The van der Waals surface area contributed by atoms with E-state index in [2.05, 4.69) is 0 Å². The van der Waals surface area contributed by atoms with Crippen LogP contribution in [0.3, 0.4) is 0 Å². The molecule has 0 radical (unpaired) electrons. The second kappa shape index (κ2) is 5.92. The maximum atomic E-state index is 6.03. The Balaban J connectivity index is 1.77. The molecule has 2 atom stereocenters. The Morgan fingerprint density at radius 1 is 1.29 bits per heavy atom. The molecule has 0 aromatic heterocycles. The molecule has 1 aromatic carbocycles. The lowest BCUT2D eigenvalue weighted by Crippen LogP contribution is -2.25. The summed E-state index contributed by atoms with van der Waals surface area (Å²) in [6, 6.07) is 8.10. The third kappa shape index (κ3) is 3.37. The zero-order valence-electron chi connectivity index (χ0n) is 10.4. The minimum atomic E-state index is 0.379. The van der Waals surface area contributed by atoms with Gasteiger partial charge in [-0.2, -0.15) is 0 Å². The van der Waals surface area contributed by atoms with Gasteiger partial charge in [0.2, 0.25) is 0 Å². The van der Waals surface area contributed by atoms with Gasteiger partial charge in [-0.05, 0) is 37.3 Å². The molecule has 94 valence electrons. The van der Waals surface area contributed by atoms with Crippen molar-refractivity contribution < 1.29 is 9.47 Å². The van der Waals surface area contributed by atoms with Crippen LogP contribution in [0.15, 0.2) is 24.3 Å². The topological polar surface area (TPSA) is 44.5 Å². The SMILES string of the molecule is COc1cccc(OCCC2CCCC2N)c1. The van der Waals surface area contributed by atoms with E-state index in [-0.39, 0.29) is 0 Å². The van der Waals surface area contributed by atoms with Gasteiger partial charge >= 0.3 is 0 Å². The quantitative estimate of drug-likeness (QED) is 0.853. The first-order valence-electron chi connectivity index (χ1n) is 6.32. The van der Waals surface area contributed by atoms with E-state index in [1.165, 1.54) is 19.3 Å². The highest BCUT2D eigenvalue weighted by atomic mass is 16.5. The molecule has 2 unspecified atom stereocenters. The van der Waals surface area contributed by atoms with Gasteiger partial charge in [0, 0.05) is 12.1 Å². The molecule has 2 rings (SSSR count). The highest BCUT2D eigenvalue weighted by Gasteiger charge is 2.23.